The van der Waals surface area contributed by atoms with Crippen molar-refractivity contribution in [2.45, 2.75) is 32.4 Å². The van der Waals surface area contributed by atoms with E-state index < -0.39 is 0 Å². The number of hydrogen-bond donors (Lipinski definition) is 1. The van der Waals surface area contributed by atoms with Gasteiger partial charge in [0.2, 0.25) is 5.91 Å². The molecule has 0 aliphatic carbocycles. The lowest BCUT2D eigenvalue weighted by Gasteiger charge is -2.31. The molecule has 0 bridgehead atoms. The Morgan fingerprint density at radius 2 is 2.00 bits per heavy atom. The van der Waals surface area contributed by atoms with E-state index in [2.05, 4.69) is 22.1 Å². The number of carbonyl (C=O) groups excluding carboxylic acids is 1. The number of thiophene rings is 1. The molecule has 3 heterocycles. The Balaban J connectivity index is 1.48. The molecule has 29 heavy (non-hydrogen) atoms. The lowest BCUT2D eigenvalue weighted by Crippen LogP contribution is -2.45. The van der Waals surface area contributed by atoms with Crippen LogP contribution in [0.2, 0.25) is 5.02 Å². The third-order valence-electron chi connectivity index (χ3n) is 5.35. The number of rotatable bonds is 5. The number of fused-ring (bicyclic) bond motifs is 1. The molecule has 1 amide bonds. The first-order valence-electron chi connectivity index (χ1n) is 9.80. The van der Waals surface area contributed by atoms with Gasteiger partial charge in [0.1, 0.15) is 11.2 Å². The van der Waals surface area contributed by atoms with Crippen LogP contribution in [0, 0.1) is 0 Å². The van der Waals surface area contributed by atoms with Gasteiger partial charge >= 0.3 is 0 Å². The molecular weight excluding hydrogens is 408 g/mol. The third kappa shape index (κ3) is 4.52. The average Bonchev–Trinajstić information content (AvgIpc) is 3.16. The highest BCUT2D eigenvalue weighted by atomic mass is 35.5. The van der Waals surface area contributed by atoms with E-state index in [1.807, 2.05) is 30.3 Å². The number of carbonyl (C=O) groups is 1. The molecule has 4 rings (SSSR count). The molecule has 1 aromatic carbocycles. The predicted octanol–water partition coefficient (Wildman–Crippen LogP) is 3.38. The van der Waals surface area contributed by atoms with Crippen LogP contribution in [-0.4, -0.2) is 46.0 Å². The molecule has 152 valence electrons. The summed E-state index contributed by atoms with van der Waals surface area (Å²) in [7, 11) is 0. The summed E-state index contributed by atoms with van der Waals surface area (Å²) in [5.41, 5.74) is 1.45. The molecule has 0 radical (unpaired) electrons. The third-order valence-corrected chi connectivity index (χ3v) is 6.76. The second-order valence-electron chi connectivity index (χ2n) is 7.29. The van der Waals surface area contributed by atoms with Crippen LogP contribution in [0.3, 0.4) is 0 Å². The number of hydrogen-bond acceptors (Lipinski definition) is 5. The molecule has 1 aliphatic rings. The zero-order valence-corrected chi connectivity index (χ0v) is 17.8. The first kappa shape index (κ1) is 20.1. The Kier molecular flexibility index (Phi) is 5.99. The molecule has 2 aromatic heterocycles. The van der Waals surface area contributed by atoms with E-state index in [1.165, 1.54) is 22.2 Å². The Labute approximate surface area is 178 Å². The lowest BCUT2D eigenvalue weighted by molar-refractivity contribution is -0.122. The fourth-order valence-corrected chi connectivity index (χ4v) is 4.83. The molecule has 1 N–H and O–H groups in total. The summed E-state index contributed by atoms with van der Waals surface area (Å²) >= 11 is 7.34. The van der Waals surface area contributed by atoms with E-state index >= 15 is 0 Å². The fourth-order valence-electron chi connectivity index (χ4n) is 3.64. The number of likely N-dealkylation sites (tertiary alicyclic amines) is 1. The lowest BCUT2D eigenvalue weighted by atomic mass is 10.1. The number of benzene rings is 1. The second-order valence-corrected chi connectivity index (χ2v) is 8.77. The highest BCUT2D eigenvalue weighted by molar-refractivity contribution is 7.22. The molecule has 0 saturated carbocycles. The van der Waals surface area contributed by atoms with Gasteiger partial charge in [-0.3, -0.25) is 14.2 Å². The fraction of sp³-hybridized carbons (Fsp3) is 0.381. The van der Waals surface area contributed by atoms with Crippen molar-refractivity contribution in [3.05, 3.63) is 52.0 Å². The Hall–Kier alpha value is -2.22. The molecule has 0 atom stereocenters. The van der Waals surface area contributed by atoms with Crippen LogP contribution < -0.4 is 10.9 Å². The maximum Gasteiger partial charge on any atom is 0.271 e. The summed E-state index contributed by atoms with van der Waals surface area (Å²) in [6.45, 7) is 5.18. The summed E-state index contributed by atoms with van der Waals surface area (Å²) < 4.78 is 1.95. The molecule has 3 aromatic rings. The van der Waals surface area contributed by atoms with Crippen molar-refractivity contribution in [3.63, 3.8) is 0 Å². The summed E-state index contributed by atoms with van der Waals surface area (Å²) in [6.07, 6.45) is 3.35. The molecule has 1 aliphatic heterocycles. The number of nitrogens with one attached hydrogen (secondary N) is 1. The normalized spacial score (nSPS) is 15.7. The van der Waals surface area contributed by atoms with Gasteiger partial charge in [0.05, 0.1) is 11.8 Å². The SMILES string of the molecule is CCN1CCC(NC(=O)Cn2cnc3cc(-c4ccc(Cl)cc4)sc3c2=O)CC1. The van der Waals surface area contributed by atoms with Gasteiger partial charge in [-0.25, -0.2) is 4.98 Å². The number of halogens is 1. The second kappa shape index (κ2) is 8.65. The van der Waals surface area contributed by atoms with Gasteiger partial charge in [-0.1, -0.05) is 30.7 Å². The predicted molar refractivity (Wildman–Crippen MR) is 118 cm³/mol. The minimum absolute atomic E-state index is 0.00998. The van der Waals surface area contributed by atoms with Crippen LogP contribution in [0.5, 0.6) is 0 Å². The van der Waals surface area contributed by atoms with Crippen molar-refractivity contribution in [2.75, 3.05) is 19.6 Å². The molecule has 0 unspecified atom stereocenters. The quantitative estimate of drug-likeness (QED) is 0.673. The number of nitrogens with zero attached hydrogens (tertiary/aromatic N) is 3. The number of aromatic nitrogens is 2. The van der Waals surface area contributed by atoms with Gasteiger partial charge < -0.3 is 10.2 Å². The van der Waals surface area contributed by atoms with Crippen molar-refractivity contribution >= 4 is 39.1 Å². The average molecular weight is 431 g/mol. The smallest absolute Gasteiger partial charge is 0.271 e. The van der Waals surface area contributed by atoms with Gasteiger partial charge in [-0.2, -0.15) is 0 Å². The van der Waals surface area contributed by atoms with Crippen molar-refractivity contribution in [1.82, 2.24) is 19.8 Å². The summed E-state index contributed by atoms with van der Waals surface area (Å²) in [5.74, 6) is -0.141. The highest BCUT2D eigenvalue weighted by Crippen LogP contribution is 2.31. The first-order valence-corrected chi connectivity index (χ1v) is 11.0. The minimum Gasteiger partial charge on any atom is -0.352 e. The summed E-state index contributed by atoms with van der Waals surface area (Å²) in [5, 5.41) is 3.73. The van der Waals surface area contributed by atoms with Crippen molar-refractivity contribution in [2.24, 2.45) is 0 Å². The number of amides is 1. The largest absolute Gasteiger partial charge is 0.352 e. The van der Waals surface area contributed by atoms with Crippen molar-refractivity contribution in [1.29, 1.82) is 0 Å². The molecular formula is C21H23ClN4O2S. The van der Waals surface area contributed by atoms with Crippen LogP contribution >= 0.6 is 22.9 Å². The highest BCUT2D eigenvalue weighted by Gasteiger charge is 2.20. The Morgan fingerprint density at radius 3 is 2.69 bits per heavy atom. The van der Waals surface area contributed by atoms with Crippen LogP contribution in [-0.2, 0) is 11.3 Å². The Bertz CT molecular complexity index is 1070. The van der Waals surface area contributed by atoms with Crippen molar-refractivity contribution < 1.29 is 4.79 Å². The van der Waals surface area contributed by atoms with Gasteiger partial charge in [-0.15, -0.1) is 11.3 Å². The summed E-state index contributed by atoms with van der Waals surface area (Å²) in [4.78, 5) is 33.0. The van der Waals surface area contributed by atoms with Crippen LogP contribution in [0.1, 0.15) is 19.8 Å². The molecule has 1 fully saturated rings. The van der Waals surface area contributed by atoms with Crippen LogP contribution in [0.25, 0.3) is 20.7 Å². The molecule has 6 nitrogen and oxygen atoms in total. The van der Waals surface area contributed by atoms with E-state index in [1.54, 1.807) is 0 Å². The van der Waals surface area contributed by atoms with Gasteiger partial charge in [-0.05, 0) is 43.1 Å². The summed E-state index contributed by atoms with van der Waals surface area (Å²) in [6, 6.07) is 9.56. The molecule has 8 heteroatoms. The van der Waals surface area contributed by atoms with Gasteiger partial charge in [0.15, 0.2) is 0 Å². The topological polar surface area (TPSA) is 67.2 Å². The molecule has 0 spiro atoms. The van der Waals surface area contributed by atoms with Gasteiger partial charge in [0, 0.05) is 29.0 Å². The standard InChI is InChI=1S/C21H23ClN4O2S/c1-2-25-9-7-16(8-10-25)24-19(27)12-26-13-23-17-11-18(29-20(17)21(26)28)14-3-5-15(22)6-4-14/h3-6,11,13,16H,2,7-10,12H2,1H3,(H,24,27). The van der Waals surface area contributed by atoms with E-state index in [9.17, 15) is 9.59 Å². The minimum atomic E-state index is -0.184. The maximum atomic E-state index is 12.9. The zero-order valence-electron chi connectivity index (χ0n) is 16.2. The first-order chi connectivity index (χ1) is 14.0. The number of piperidine rings is 1. The van der Waals surface area contributed by atoms with Crippen molar-refractivity contribution in [3.8, 4) is 10.4 Å². The van der Waals surface area contributed by atoms with Gasteiger partial charge in [0.25, 0.3) is 5.56 Å². The maximum absolute atomic E-state index is 12.9. The Morgan fingerprint density at radius 1 is 1.28 bits per heavy atom. The zero-order chi connectivity index (χ0) is 20.4. The van der Waals surface area contributed by atoms with Crippen LogP contribution in [0.15, 0.2) is 41.5 Å². The van der Waals surface area contributed by atoms with Crippen LogP contribution in [0.4, 0.5) is 0 Å². The monoisotopic (exact) mass is 430 g/mol. The van der Waals surface area contributed by atoms with E-state index in [0.717, 1.165) is 42.9 Å². The van der Waals surface area contributed by atoms with E-state index in [0.29, 0.717) is 15.2 Å². The van der Waals surface area contributed by atoms with E-state index in [4.69, 9.17) is 11.6 Å². The van der Waals surface area contributed by atoms with E-state index in [-0.39, 0.29) is 24.1 Å². The molecule has 1 saturated heterocycles.